The monoisotopic (exact) mass is 497 g/mol. The van der Waals surface area contributed by atoms with Crippen molar-refractivity contribution in [2.24, 2.45) is 0 Å². The second kappa shape index (κ2) is 9.41. The van der Waals surface area contributed by atoms with Gasteiger partial charge in [-0.15, -0.1) is 10.2 Å². The highest BCUT2D eigenvalue weighted by Crippen LogP contribution is 2.35. The van der Waals surface area contributed by atoms with Gasteiger partial charge < -0.3 is 13.5 Å². The summed E-state index contributed by atoms with van der Waals surface area (Å²) in [5.41, 5.74) is 3.00. The molecule has 3 heterocycles. The van der Waals surface area contributed by atoms with Crippen molar-refractivity contribution in [3.8, 4) is 34.0 Å². The summed E-state index contributed by atoms with van der Waals surface area (Å²) in [6, 6.07) is 18.3. The van der Waals surface area contributed by atoms with E-state index in [2.05, 4.69) is 20.3 Å². The fourth-order valence-electron chi connectivity index (χ4n) is 3.60. The summed E-state index contributed by atoms with van der Waals surface area (Å²) < 4.78 is 52.3. The highest BCUT2D eigenvalue weighted by molar-refractivity contribution is 7.98. The van der Waals surface area contributed by atoms with E-state index in [1.54, 1.807) is 37.3 Å². The number of rotatable bonds is 7. The van der Waals surface area contributed by atoms with Crippen molar-refractivity contribution in [2.45, 2.75) is 30.6 Å². The van der Waals surface area contributed by atoms with Crippen molar-refractivity contribution in [3.05, 3.63) is 78.5 Å². The van der Waals surface area contributed by atoms with E-state index in [1.807, 2.05) is 30.3 Å². The number of hydrogen-bond acceptors (Lipinski definition) is 7. The predicted octanol–water partition coefficient (Wildman–Crippen LogP) is 6.42. The van der Waals surface area contributed by atoms with Gasteiger partial charge in [0.05, 0.1) is 17.6 Å². The molecule has 0 saturated heterocycles. The number of aromatic nitrogens is 5. The minimum Gasteiger partial charge on any atom is -0.420 e. The molecular formula is C24H18F3N5O2S. The minimum absolute atomic E-state index is 0.140. The van der Waals surface area contributed by atoms with E-state index in [0.717, 1.165) is 21.9 Å². The van der Waals surface area contributed by atoms with E-state index in [1.165, 1.54) is 6.20 Å². The zero-order valence-electron chi connectivity index (χ0n) is 18.4. The smallest absolute Gasteiger partial charge is 0.406 e. The largest absolute Gasteiger partial charge is 0.420 e. The summed E-state index contributed by atoms with van der Waals surface area (Å²) in [7, 11) is 0. The number of halogens is 3. The van der Waals surface area contributed by atoms with Crippen molar-refractivity contribution >= 4 is 11.8 Å². The Labute approximate surface area is 202 Å². The zero-order valence-corrected chi connectivity index (χ0v) is 19.2. The molecule has 2 aromatic carbocycles. The summed E-state index contributed by atoms with van der Waals surface area (Å²) in [5.74, 6) is 1.12. The summed E-state index contributed by atoms with van der Waals surface area (Å²) >= 11 is 1.09. The lowest BCUT2D eigenvalue weighted by Gasteiger charge is -2.13. The molecule has 0 saturated carbocycles. The fourth-order valence-corrected chi connectivity index (χ4v) is 4.42. The molecule has 178 valence electrons. The van der Waals surface area contributed by atoms with Crippen LogP contribution in [0.25, 0.3) is 34.0 Å². The van der Waals surface area contributed by atoms with E-state index >= 15 is 0 Å². The maximum Gasteiger partial charge on any atom is 0.406 e. The van der Waals surface area contributed by atoms with Gasteiger partial charge in [-0.2, -0.15) is 13.2 Å². The quantitative estimate of drug-likeness (QED) is 0.240. The lowest BCUT2D eigenvalue weighted by atomic mass is 10.1. The van der Waals surface area contributed by atoms with Gasteiger partial charge in [0, 0.05) is 5.56 Å². The molecule has 0 aliphatic heterocycles. The molecular weight excluding hydrogens is 479 g/mol. The predicted molar refractivity (Wildman–Crippen MR) is 123 cm³/mol. The Morgan fingerprint density at radius 2 is 1.63 bits per heavy atom. The Kier molecular flexibility index (Phi) is 6.16. The number of nitrogens with zero attached hydrogens (tertiary/aromatic N) is 5. The first kappa shape index (κ1) is 22.9. The van der Waals surface area contributed by atoms with Gasteiger partial charge >= 0.3 is 6.18 Å². The van der Waals surface area contributed by atoms with E-state index in [-0.39, 0.29) is 22.7 Å². The SMILES string of the molecule is Cc1onc(-c2ccccc2)c1-c1nnc(CSc2ncc(-c3ccccc3)n2CC(F)(F)F)o1. The van der Waals surface area contributed by atoms with Gasteiger partial charge in [0.15, 0.2) is 5.16 Å². The number of hydrogen-bond donors (Lipinski definition) is 0. The summed E-state index contributed by atoms with van der Waals surface area (Å²) in [6.07, 6.45) is -2.97. The second-order valence-corrected chi connectivity index (χ2v) is 8.55. The van der Waals surface area contributed by atoms with E-state index in [0.29, 0.717) is 28.3 Å². The van der Waals surface area contributed by atoms with Gasteiger partial charge in [0.25, 0.3) is 5.89 Å². The Morgan fingerprint density at radius 3 is 2.31 bits per heavy atom. The summed E-state index contributed by atoms with van der Waals surface area (Å²) in [4.78, 5) is 4.23. The third kappa shape index (κ3) is 4.99. The van der Waals surface area contributed by atoms with Crippen LogP contribution in [0.15, 0.2) is 81.0 Å². The Bertz CT molecular complexity index is 1430. The number of thioether (sulfide) groups is 1. The average molecular weight is 498 g/mol. The highest BCUT2D eigenvalue weighted by Gasteiger charge is 2.31. The van der Waals surface area contributed by atoms with Crippen LogP contribution < -0.4 is 0 Å². The first-order valence-electron chi connectivity index (χ1n) is 10.5. The van der Waals surface area contributed by atoms with Gasteiger partial charge in [-0.1, -0.05) is 77.6 Å². The van der Waals surface area contributed by atoms with Crippen LogP contribution in [0.5, 0.6) is 0 Å². The molecule has 7 nitrogen and oxygen atoms in total. The van der Waals surface area contributed by atoms with Crippen LogP contribution in [0.2, 0.25) is 0 Å². The molecule has 5 aromatic rings. The number of imidazole rings is 1. The molecule has 3 aromatic heterocycles. The standard InChI is InChI=1S/C24H18F3N5O2S/c1-15-20(21(31-34-15)17-10-6-3-7-11-17)22-30-29-19(33-22)13-35-23-28-12-18(16-8-4-2-5-9-16)32(23)14-24(25,26)27/h2-12H,13-14H2,1H3. The topological polar surface area (TPSA) is 82.8 Å². The zero-order chi connectivity index (χ0) is 24.4. The van der Waals surface area contributed by atoms with E-state index < -0.39 is 12.7 Å². The normalized spacial score (nSPS) is 11.8. The van der Waals surface area contributed by atoms with Crippen molar-refractivity contribution in [1.82, 2.24) is 24.9 Å². The van der Waals surface area contributed by atoms with E-state index in [4.69, 9.17) is 8.94 Å². The average Bonchev–Trinajstić information content (AvgIpc) is 3.56. The summed E-state index contributed by atoms with van der Waals surface area (Å²) in [5, 5.41) is 12.5. The molecule has 35 heavy (non-hydrogen) atoms. The van der Waals surface area contributed by atoms with Crippen LogP contribution in [0, 0.1) is 6.92 Å². The molecule has 0 radical (unpaired) electrons. The molecule has 0 N–H and O–H groups in total. The number of aryl methyl sites for hydroxylation is 1. The molecule has 0 amide bonds. The van der Waals surface area contributed by atoms with Crippen molar-refractivity contribution in [1.29, 1.82) is 0 Å². The van der Waals surface area contributed by atoms with Crippen LogP contribution in [-0.4, -0.2) is 31.1 Å². The third-order valence-electron chi connectivity index (χ3n) is 5.14. The van der Waals surface area contributed by atoms with Crippen LogP contribution in [0.1, 0.15) is 11.7 Å². The fraction of sp³-hybridized carbons (Fsp3) is 0.167. The maximum absolute atomic E-state index is 13.3. The van der Waals surface area contributed by atoms with Crippen molar-refractivity contribution in [2.75, 3.05) is 0 Å². The second-order valence-electron chi connectivity index (χ2n) is 7.61. The Morgan fingerprint density at radius 1 is 0.943 bits per heavy atom. The van der Waals surface area contributed by atoms with Crippen molar-refractivity contribution in [3.63, 3.8) is 0 Å². The van der Waals surface area contributed by atoms with Crippen LogP contribution in [0.3, 0.4) is 0 Å². The molecule has 0 aliphatic rings. The van der Waals surface area contributed by atoms with Gasteiger partial charge in [-0.25, -0.2) is 4.98 Å². The van der Waals surface area contributed by atoms with Gasteiger partial charge in [-0.05, 0) is 12.5 Å². The van der Waals surface area contributed by atoms with Crippen LogP contribution in [0.4, 0.5) is 13.2 Å². The molecule has 11 heteroatoms. The third-order valence-corrected chi connectivity index (χ3v) is 6.12. The molecule has 0 atom stereocenters. The number of alkyl halides is 3. The van der Waals surface area contributed by atoms with Gasteiger partial charge in [0.2, 0.25) is 5.89 Å². The molecule has 0 aliphatic carbocycles. The first-order valence-corrected chi connectivity index (χ1v) is 11.5. The Hall–Kier alpha value is -3.86. The van der Waals surface area contributed by atoms with Gasteiger partial charge in [-0.3, -0.25) is 0 Å². The highest BCUT2D eigenvalue weighted by atomic mass is 32.2. The molecule has 0 spiro atoms. The number of benzene rings is 2. The molecule has 0 bridgehead atoms. The lowest BCUT2D eigenvalue weighted by Crippen LogP contribution is -2.19. The Balaban J connectivity index is 1.40. The van der Waals surface area contributed by atoms with Crippen molar-refractivity contribution < 1.29 is 22.1 Å². The maximum atomic E-state index is 13.3. The van der Waals surface area contributed by atoms with Gasteiger partial charge in [0.1, 0.15) is 23.6 Å². The van der Waals surface area contributed by atoms with E-state index in [9.17, 15) is 13.2 Å². The molecule has 0 unspecified atom stereocenters. The minimum atomic E-state index is -4.41. The first-order chi connectivity index (χ1) is 16.9. The van der Waals surface area contributed by atoms with Crippen LogP contribution >= 0.6 is 11.8 Å². The molecule has 5 rings (SSSR count). The van der Waals surface area contributed by atoms with Crippen LogP contribution in [-0.2, 0) is 12.3 Å². The lowest BCUT2D eigenvalue weighted by molar-refractivity contribution is -0.141. The summed E-state index contributed by atoms with van der Waals surface area (Å²) in [6.45, 7) is 0.585. The molecule has 0 fully saturated rings.